The van der Waals surface area contributed by atoms with Gasteiger partial charge in [-0.2, -0.15) is 0 Å². The van der Waals surface area contributed by atoms with Gasteiger partial charge >= 0.3 is 0 Å². The quantitative estimate of drug-likeness (QED) is 0.634. The lowest BCUT2D eigenvalue weighted by molar-refractivity contribution is 0.0546. The molecule has 0 fully saturated rings. The zero-order valence-corrected chi connectivity index (χ0v) is 14.0. The summed E-state index contributed by atoms with van der Waals surface area (Å²) in [5.41, 5.74) is 0.0613. The van der Waals surface area contributed by atoms with E-state index in [1.54, 1.807) is 11.0 Å². The first-order valence-corrected chi connectivity index (χ1v) is 7.79. The lowest BCUT2D eigenvalue weighted by atomic mass is 10.2. The van der Waals surface area contributed by atoms with Crippen molar-refractivity contribution >= 4 is 21.8 Å². The third-order valence-electron chi connectivity index (χ3n) is 2.87. The van der Waals surface area contributed by atoms with Crippen LogP contribution in [0, 0.1) is 5.82 Å². The lowest BCUT2D eigenvalue weighted by Gasteiger charge is -2.23. The minimum absolute atomic E-state index is 0.0613. The molecule has 0 atom stereocenters. The number of ether oxygens (including phenoxy) is 2. The first-order chi connectivity index (χ1) is 10.1. The number of rotatable bonds is 9. The molecule has 0 unspecified atom stereocenters. The van der Waals surface area contributed by atoms with E-state index < -0.39 is 5.82 Å². The van der Waals surface area contributed by atoms with Gasteiger partial charge in [-0.25, -0.2) is 4.39 Å². The van der Waals surface area contributed by atoms with Gasteiger partial charge in [0.1, 0.15) is 5.82 Å². The van der Waals surface area contributed by atoms with E-state index in [0.29, 0.717) is 44.0 Å². The monoisotopic (exact) mass is 361 g/mol. The molecule has 0 spiro atoms. The summed E-state index contributed by atoms with van der Waals surface area (Å²) in [4.78, 5) is 14.0. The maximum absolute atomic E-state index is 13.9. The molecule has 0 saturated carbocycles. The molecular weight excluding hydrogens is 341 g/mol. The number of halogens is 2. The Labute approximate surface area is 133 Å². The minimum Gasteiger partial charge on any atom is -0.380 e. The normalized spacial score (nSPS) is 10.7. The molecule has 1 aromatic rings. The topological polar surface area (TPSA) is 38.8 Å². The zero-order valence-electron chi connectivity index (χ0n) is 12.4. The van der Waals surface area contributed by atoms with E-state index in [0.717, 1.165) is 0 Å². The number of benzene rings is 1. The van der Waals surface area contributed by atoms with Gasteiger partial charge in [0.15, 0.2) is 0 Å². The number of carbonyl (C=O) groups excluding carboxylic acids is 1. The summed E-state index contributed by atoms with van der Waals surface area (Å²) in [5.74, 6) is -0.883. The van der Waals surface area contributed by atoms with Gasteiger partial charge in [0.05, 0.1) is 18.8 Å². The van der Waals surface area contributed by atoms with Crippen molar-refractivity contribution in [2.24, 2.45) is 0 Å². The van der Waals surface area contributed by atoms with Crippen LogP contribution in [0.2, 0.25) is 0 Å². The molecule has 0 aliphatic heterocycles. The molecule has 118 valence electrons. The molecule has 6 heteroatoms. The largest absolute Gasteiger partial charge is 0.380 e. The molecule has 0 radical (unpaired) electrons. The van der Waals surface area contributed by atoms with Crippen LogP contribution in [0.1, 0.15) is 24.2 Å². The van der Waals surface area contributed by atoms with Crippen molar-refractivity contribution in [3.8, 4) is 0 Å². The third kappa shape index (κ3) is 6.11. The molecule has 1 rings (SSSR count). The smallest absolute Gasteiger partial charge is 0.256 e. The Bertz CT molecular complexity index is 447. The summed E-state index contributed by atoms with van der Waals surface area (Å²) < 4.78 is 25.0. The Kier molecular flexibility index (Phi) is 8.49. The van der Waals surface area contributed by atoms with Gasteiger partial charge in [-0.05, 0) is 32.0 Å². The molecule has 0 N–H and O–H groups in total. The van der Waals surface area contributed by atoms with E-state index >= 15 is 0 Å². The Balaban J connectivity index is 2.76. The van der Waals surface area contributed by atoms with Crippen LogP contribution in [-0.2, 0) is 9.47 Å². The highest BCUT2D eigenvalue weighted by atomic mass is 79.9. The van der Waals surface area contributed by atoms with E-state index in [-0.39, 0.29) is 11.5 Å². The second kappa shape index (κ2) is 9.87. The average molecular weight is 362 g/mol. The fourth-order valence-corrected chi connectivity index (χ4v) is 2.12. The van der Waals surface area contributed by atoms with Gasteiger partial charge in [-0.1, -0.05) is 15.9 Å². The number of amides is 1. The number of nitrogens with zero attached hydrogens (tertiary/aromatic N) is 1. The maximum atomic E-state index is 13.9. The Morgan fingerprint density at radius 2 is 1.76 bits per heavy atom. The van der Waals surface area contributed by atoms with Crippen LogP contribution in [0.5, 0.6) is 0 Å². The highest BCUT2D eigenvalue weighted by Crippen LogP contribution is 2.17. The fourth-order valence-electron chi connectivity index (χ4n) is 1.79. The molecule has 0 bridgehead atoms. The van der Waals surface area contributed by atoms with Crippen LogP contribution in [-0.4, -0.2) is 50.3 Å². The van der Waals surface area contributed by atoms with Gasteiger partial charge in [0.25, 0.3) is 5.91 Å². The highest BCUT2D eigenvalue weighted by molar-refractivity contribution is 9.10. The molecule has 1 aromatic carbocycles. The van der Waals surface area contributed by atoms with Crippen LogP contribution in [0.15, 0.2) is 22.7 Å². The molecule has 0 aliphatic carbocycles. The van der Waals surface area contributed by atoms with E-state index in [9.17, 15) is 9.18 Å². The van der Waals surface area contributed by atoms with Crippen molar-refractivity contribution in [2.75, 3.05) is 39.5 Å². The fraction of sp³-hybridized carbons (Fsp3) is 0.533. The number of carbonyl (C=O) groups is 1. The lowest BCUT2D eigenvalue weighted by Crippen LogP contribution is -2.37. The van der Waals surface area contributed by atoms with Gasteiger partial charge in [-0.15, -0.1) is 0 Å². The van der Waals surface area contributed by atoms with Crippen molar-refractivity contribution in [3.63, 3.8) is 0 Å². The molecule has 1 amide bonds. The Hall–Kier alpha value is -0.980. The molecule has 0 aromatic heterocycles. The van der Waals surface area contributed by atoms with Gasteiger partial charge in [0, 0.05) is 30.8 Å². The predicted molar refractivity (Wildman–Crippen MR) is 83.0 cm³/mol. The predicted octanol–water partition coefficient (Wildman–Crippen LogP) is 3.10. The summed E-state index contributed by atoms with van der Waals surface area (Å²) >= 11 is 3.18. The Morgan fingerprint density at radius 3 is 2.24 bits per heavy atom. The molecule has 0 aliphatic rings. The number of hydrogen-bond acceptors (Lipinski definition) is 3. The van der Waals surface area contributed by atoms with Crippen LogP contribution >= 0.6 is 15.9 Å². The standard InChI is InChI=1S/C15H21BrFNO3/c1-3-20-9-7-18(8-10-21-4-2)15(19)13-6-5-12(16)11-14(13)17/h5-6,11H,3-4,7-10H2,1-2H3. The number of hydrogen-bond donors (Lipinski definition) is 0. The Morgan fingerprint density at radius 1 is 1.19 bits per heavy atom. The van der Waals surface area contributed by atoms with Crippen molar-refractivity contribution < 1.29 is 18.7 Å². The molecule has 0 heterocycles. The zero-order chi connectivity index (χ0) is 15.7. The molecule has 0 saturated heterocycles. The molecule has 21 heavy (non-hydrogen) atoms. The SMILES string of the molecule is CCOCCN(CCOCC)C(=O)c1ccc(Br)cc1F. The van der Waals surface area contributed by atoms with Crippen LogP contribution in [0.25, 0.3) is 0 Å². The first kappa shape index (κ1) is 18.1. The van der Waals surface area contributed by atoms with Crippen molar-refractivity contribution in [3.05, 3.63) is 34.1 Å². The van der Waals surface area contributed by atoms with Gasteiger partial charge in [-0.3, -0.25) is 4.79 Å². The van der Waals surface area contributed by atoms with E-state index in [1.165, 1.54) is 12.1 Å². The minimum atomic E-state index is -0.535. The summed E-state index contributed by atoms with van der Waals surface area (Å²) in [6, 6.07) is 4.42. The summed E-state index contributed by atoms with van der Waals surface area (Å²) in [5, 5.41) is 0. The summed E-state index contributed by atoms with van der Waals surface area (Å²) in [6.45, 7) is 6.62. The van der Waals surface area contributed by atoms with Gasteiger partial charge < -0.3 is 14.4 Å². The second-order valence-electron chi connectivity index (χ2n) is 4.31. The van der Waals surface area contributed by atoms with E-state index in [4.69, 9.17) is 9.47 Å². The van der Waals surface area contributed by atoms with Crippen molar-refractivity contribution in [1.82, 2.24) is 4.90 Å². The maximum Gasteiger partial charge on any atom is 0.256 e. The van der Waals surface area contributed by atoms with Crippen LogP contribution < -0.4 is 0 Å². The van der Waals surface area contributed by atoms with Crippen molar-refractivity contribution in [1.29, 1.82) is 0 Å². The van der Waals surface area contributed by atoms with E-state index in [1.807, 2.05) is 13.8 Å². The van der Waals surface area contributed by atoms with Crippen LogP contribution in [0.3, 0.4) is 0 Å². The van der Waals surface area contributed by atoms with Gasteiger partial charge in [0.2, 0.25) is 0 Å². The molecular formula is C15H21BrFNO3. The molecule has 4 nitrogen and oxygen atoms in total. The highest BCUT2D eigenvalue weighted by Gasteiger charge is 2.19. The van der Waals surface area contributed by atoms with Crippen LogP contribution in [0.4, 0.5) is 4.39 Å². The first-order valence-electron chi connectivity index (χ1n) is 7.00. The second-order valence-corrected chi connectivity index (χ2v) is 5.23. The summed E-state index contributed by atoms with van der Waals surface area (Å²) in [6.07, 6.45) is 0. The average Bonchev–Trinajstić information content (AvgIpc) is 2.45. The van der Waals surface area contributed by atoms with E-state index in [2.05, 4.69) is 15.9 Å². The third-order valence-corrected chi connectivity index (χ3v) is 3.36. The van der Waals surface area contributed by atoms with Crippen molar-refractivity contribution in [2.45, 2.75) is 13.8 Å². The summed E-state index contributed by atoms with van der Waals surface area (Å²) in [7, 11) is 0.